The molecule has 4 heteroatoms. The fourth-order valence-electron chi connectivity index (χ4n) is 2.02. The predicted molar refractivity (Wildman–Crippen MR) is 47.0 cm³/mol. The van der Waals surface area contributed by atoms with Gasteiger partial charge in [-0.05, 0) is 32.9 Å². The number of hydrogen-bond acceptors (Lipinski definition) is 2. The third kappa shape index (κ3) is 1.83. The molecule has 13 heavy (non-hydrogen) atoms. The lowest BCUT2D eigenvalue weighted by Crippen LogP contribution is -2.45. The van der Waals surface area contributed by atoms with Gasteiger partial charge in [0.15, 0.2) is 0 Å². The zero-order valence-electron chi connectivity index (χ0n) is 7.89. The Hall–Kier alpha value is -0.220. The van der Waals surface area contributed by atoms with E-state index in [0.717, 1.165) is 19.5 Å². The first-order chi connectivity index (χ1) is 6.12. The highest BCUT2D eigenvalue weighted by Gasteiger charge is 2.52. The molecule has 2 fully saturated rings. The lowest BCUT2D eigenvalue weighted by atomic mass is 10.2. The van der Waals surface area contributed by atoms with Crippen LogP contribution in [0.3, 0.4) is 0 Å². The molecule has 1 saturated carbocycles. The summed E-state index contributed by atoms with van der Waals surface area (Å²) in [6.07, 6.45) is 0.0965. The number of alkyl halides is 2. The Labute approximate surface area is 77.3 Å². The molecule has 1 atom stereocenters. The van der Waals surface area contributed by atoms with Crippen LogP contribution in [0, 0.1) is 0 Å². The lowest BCUT2D eigenvalue weighted by Gasteiger charge is -2.21. The third-order valence-corrected chi connectivity index (χ3v) is 3.09. The minimum Gasteiger partial charge on any atom is -0.305 e. The summed E-state index contributed by atoms with van der Waals surface area (Å²) in [7, 11) is 2.03. The number of halogens is 2. The molecule has 76 valence electrons. The molecule has 2 aliphatic rings. The molecular formula is C9H16F2N2. The molecule has 0 radical (unpaired) electrons. The first-order valence-corrected chi connectivity index (χ1v) is 4.87. The molecule has 1 aliphatic carbocycles. The molecule has 1 saturated heterocycles. The molecule has 0 aromatic carbocycles. The average Bonchev–Trinajstić information content (AvgIpc) is 2.72. The highest BCUT2D eigenvalue weighted by atomic mass is 19.3. The van der Waals surface area contributed by atoms with Gasteiger partial charge in [0.25, 0.3) is 6.43 Å². The highest BCUT2D eigenvalue weighted by Crippen LogP contribution is 2.41. The maximum atomic E-state index is 12.5. The Bertz CT molecular complexity index is 192. The number of nitrogens with one attached hydrogen (secondary N) is 1. The van der Waals surface area contributed by atoms with Gasteiger partial charge in [0.1, 0.15) is 0 Å². The summed E-state index contributed by atoms with van der Waals surface area (Å²) in [6.45, 7) is 1.94. The van der Waals surface area contributed by atoms with Crippen molar-refractivity contribution in [2.75, 3.05) is 20.1 Å². The zero-order valence-corrected chi connectivity index (χ0v) is 7.89. The Morgan fingerprint density at radius 3 is 2.54 bits per heavy atom. The van der Waals surface area contributed by atoms with Crippen LogP contribution in [0.4, 0.5) is 8.78 Å². The smallest absolute Gasteiger partial charge is 0.256 e. The van der Waals surface area contributed by atoms with Crippen LogP contribution in [0.25, 0.3) is 0 Å². The molecule has 0 spiro atoms. The number of nitrogens with zero attached hydrogens (tertiary/aromatic N) is 1. The van der Waals surface area contributed by atoms with E-state index >= 15 is 0 Å². The van der Waals surface area contributed by atoms with Crippen LogP contribution in [0.15, 0.2) is 0 Å². The Morgan fingerprint density at radius 2 is 2.15 bits per heavy atom. The zero-order chi connectivity index (χ0) is 9.47. The molecule has 0 bridgehead atoms. The molecular weight excluding hydrogens is 174 g/mol. The number of likely N-dealkylation sites (N-methyl/N-ethyl adjacent to an activating group) is 1. The van der Waals surface area contributed by atoms with Gasteiger partial charge in [0.2, 0.25) is 0 Å². The van der Waals surface area contributed by atoms with Crippen molar-refractivity contribution in [3.63, 3.8) is 0 Å². The van der Waals surface area contributed by atoms with Crippen LogP contribution in [-0.4, -0.2) is 43.0 Å². The van der Waals surface area contributed by atoms with Crippen molar-refractivity contribution in [1.82, 2.24) is 10.2 Å². The quantitative estimate of drug-likeness (QED) is 0.716. The molecule has 0 unspecified atom stereocenters. The van der Waals surface area contributed by atoms with Crippen molar-refractivity contribution in [1.29, 1.82) is 0 Å². The summed E-state index contributed by atoms with van der Waals surface area (Å²) in [5.41, 5.74) is -0.810. The summed E-state index contributed by atoms with van der Waals surface area (Å²) in [5.74, 6) is 0. The average molecular weight is 190 g/mol. The van der Waals surface area contributed by atoms with E-state index in [-0.39, 0.29) is 6.04 Å². The lowest BCUT2D eigenvalue weighted by molar-refractivity contribution is 0.0795. The molecule has 0 aromatic rings. The molecule has 1 N–H and O–H groups in total. The largest absolute Gasteiger partial charge is 0.305 e. The van der Waals surface area contributed by atoms with Crippen molar-refractivity contribution >= 4 is 0 Å². The van der Waals surface area contributed by atoms with Gasteiger partial charge < -0.3 is 10.2 Å². The van der Waals surface area contributed by atoms with Crippen molar-refractivity contribution in [3.8, 4) is 0 Å². The van der Waals surface area contributed by atoms with Crippen molar-refractivity contribution < 1.29 is 8.78 Å². The van der Waals surface area contributed by atoms with Gasteiger partial charge in [-0.25, -0.2) is 8.78 Å². The first-order valence-electron chi connectivity index (χ1n) is 4.87. The van der Waals surface area contributed by atoms with Gasteiger partial charge in [-0.3, -0.25) is 0 Å². The standard InChI is InChI=1S/C9H16F2N2/c1-13-5-2-7(6-13)12-9(3-4-9)8(10)11/h7-8,12H,2-6H2,1H3/t7-/m1/s1. The van der Waals surface area contributed by atoms with Crippen LogP contribution in [0.1, 0.15) is 19.3 Å². The molecule has 0 aromatic heterocycles. The Balaban J connectivity index is 1.84. The van der Waals surface area contributed by atoms with Crippen LogP contribution in [0.5, 0.6) is 0 Å². The fraction of sp³-hybridized carbons (Fsp3) is 1.00. The van der Waals surface area contributed by atoms with Crippen molar-refractivity contribution in [3.05, 3.63) is 0 Å². The van der Waals surface area contributed by atoms with Gasteiger partial charge in [0.05, 0.1) is 5.54 Å². The van der Waals surface area contributed by atoms with E-state index in [1.165, 1.54) is 0 Å². The van der Waals surface area contributed by atoms with E-state index in [9.17, 15) is 8.78 Å². The van der Waals surface area contributed by atoms with Gasteiger partial charge in [0, 0.05) is 12.6 Å². The van der Waals surface area contributed by atoms with Gasteiger partial charge >= 0.3 is 0 Å². The number of likely N-dealkylation sites (tertiary alicyclic amines) is 1. The SMILES string of the molecule is CN1CC[C@@H](NC2(C(F)F)CC2)C1. The molecule has 0 amide bonds. The van der Waals surface area contributed by atoms with Crippen LogP contribution >= 0.6 is 0 Å². The highest BCUT2D eigenvalue weighted by molar-refractivity contribution is 5.06. The molecule has 2 rings (SSSR count). The van der Waals surface area contributed by atoms with Gasteiger partial charge in [-0.2, -0.15) is 0 Å². The van der Waals surface area contributed by atoms with Crippen molar-refractivity contribution in [2.45, 2.75) is 37.3 Å². The minimum atomic E-state index is -2.20. The summed E-state index contributed by atoms with van der Waals surface area (Å²) in [4.78, 5) is 2.18. The van der Waals surface area contributed by atoms with Crippen molar-refractivity contribution in [2.24, 2.45) is 0 Å². The second kappa shape index (κ2) is 3.17. The minimum absolute atomic E-state index is 0.279. The van der Waals surface area contributed by atoms with E-state index in [2.05, 4.69) is 10.2 Å². The second-order valence-electron chi connectivity index (χ2n) is 4.35. The molecule has 1 heterocycles. The van der Waals surface area contributed by atoms with E-state index in [0.29, 0.717) is 12.8 Å². The summed E-state index contributed by atoms with van der Waals surface area (Å²) in [5, 5.41) is 3.10. The fourth-order valence-corrected chi connectivity index (χ4v) is 2.02. The maximum absolute atomic E-state index is 12.5. The monoisotopic (exact) mass is 190 g/mol. The third-order valence-electron chi connectivity index (χ3n) is 3.09. The number of rotatable bonds is 3. The maximum Gasteiger partial charge on any atom is 0.256 e. The first kappa shape index (κ1) is 9.34. The normalized spacial score (nSPS) is 32.8. The Morgan fingerprint density at radius 1 is 1.46 bits per heavy atom. The van der Waals surface area contributed by atoms with E-state index in [1.807, 2.05) is 7.05 Å². The Kier molecular flexibility index (Phi) is 2.28. The molecule has 2 nitrogen and oxygen atoms in total. The van der Waals surface area contributed by atoms with Crippen LogP contribution in [-0.2, 0) is 0 Å². The van der Waals surface area contributed by atoms with Gasteiger partial charge in [-0.15, -0.1) is 0 Å². The topological polar surface area (TPSA) is 15.3 Å². The summed E-state index contributed by atoms with van der Waals surface area (Å²) in [6, 6.07) is 0.279. The van der Waals surface area contributed by atoms with Crippen LogP contribution < -0.4 is 5.32 Å². The summed E-state index contributed by atoms with van der Waals surface area (Å²) < 4.78 is 25.1. The molecule has 1 aliphatic heterocycles. The van der Waals surface area contributed by atoms with E-state index < -0.39 is 12.0 Å². The van der Waals surface area contributed by atoms with Gasteiger partial charge in [-0.1, -0.05) is 0 Å². The second-order valence-corrected chi connectivity index (χ2v) is 4.35. The van der Waals surface area contributed by atoms with E-state index in [1.54, 1.807) is 0 Å². The van der Waals surface area contributed by atoms with Crippen LogP contribution in [0.2, 0.25) is 0 Å². The summed E-state index contributed by atoms with van der Waals surface area (Å²) >= 11 is 0. The number of hydrogen-bond donors (Lipinski definition) is 1. The van der Waals surface area contributed by atoms with E-state index in [4.69, 9.17) is 0 Å². The predicted octanol–water partition coefficient (Wildman–Crippen LogP) is 1.08.